The second-order valence-corrected chi connectivity index (χ2v) is 9.41. The Morgan fingerprint density at radius 3 is 2.06 bits per heavy atom. The molecule has 3 rings (SSSR count). The standard InChI is InChI=1S/C23H19F3N2O2S2/c1-3-18-19(4-2)22(27)21(31-16-8-6-5-7-9-16)14-20(18)28-32(29,30)17-12-10-15(11-13-17)23(24,25)26/h3-14,28H,1-2,27H2. The van der Waals surface area contributed by atoms with Crippen LogP contribution < -0.4 is 10.5 Å². The van der Waals surface area contributed by atoms with Gasteiger partial charge in [-0.3, -0.25) is 4.72 Å². The van der Waals surface area contributed by atoms with Gasteiger partial charge in [0, 0.05) is 20.9 Å². The second-order valence-electron chi connectivity index (χ2n) is 6.61. The average molecular weight is 477 g/mol. The predicted molar refractivity (Wildman–Crippen MR) is 124 cm³/mol. The molecule has 0 saturated carbocycles. The maximum Gasteiger partial charge on any atom is 0.416 e. The Balaban J connectivity index is 2.05. The third-order valence-electron chi connectivity index (χ3n) is 4.53. The molecule has 0 unspecified atom stereocenters. The summed E-state index contributed by atoms with van der Waals surface area (Å²) >= 11 is 1.34. The van der Waals surface area contributed by atoms with Crippen LogP contribution in [0, 0.1) is 0 Å². The van der Waals surface area contributed by atoms with Crippen molar-refractivity contribution in [1.82, 2.24) is 0 Å². The van der Waals surface area contributed by atoms with Crippen LogP contribution in [0.25, 0.3) is 12.2 Å². The number of nitrogens with two attached hydrogens (primary N) is 1. The van der Waals surface area contributed by atoms with Gasteiger partial charge >= 0.3 is 6.18 Å². The number of alkyl halides is 3. The van der Waals surface area contributed by atoms with Crippen LogP contribution in [0.2, 0.25) is 0 Å². The molecule has 166 valence electrons. The Morgan fingerprint density at radius 1 is 0.938 bits per heavy atom. The quantitative estimate of drug-likeness (QED) is 0.381. The van der Waals surface area contributed by atoms with Crippen LogP contribution in [0.15, 0.2) is 88.5 Å². The molecule has 0 atom stereocenters. The predicted octanol–water partition coefficient (Wildman–Crippen LogP) is 6.53. The SMILES string of the molecule is C=Cc1c(NS(=O)(=O)c2ccc(C(F)(F)F)cc2)cc(Sc2ccccc2)c(N)c1C=C. The van der Waals surface area contributed by atoms with Crippen molar-refractivity contribution in [1.29, 1.82) is 0 Å². The molecule has 3 aromatic rings. The summed E-state index contributed by atoms with van der Waals surface area (Å²) in [5, 5.41) is 0. The van der Waals surface area contributed by atoms with Gasteiger partial charge in [0.05, 0.1) is 21.8 Å². The lowest BCUT2D eigenvalue weighted by atomic mass is 10.0. The Morgan fingerprint density at radius 2 is 1.53 bits per heavy atom. The van der Waals surface area contributed by atoms with Gasteiger partial charge in [-0.25, -0.2) is 8.42 Å². The minimum absolute atomic E-state index is 0.183. The second kappa shape index (κ2) is 9.13. The van der Waals surface area contributed by atoms with E-state index in [1.165, 1.54) is 23.9 Å². The molecule has 9 heteroatoms. The van der Waals surface area contributed by atoms with Crippen molar-refractivity contribution in [2.45, 2.75) is 20.9 Å². The fourth-order valence-corrected chi connectivity index (χ4v) is 4.97. The Hall–Kier alpha value is -3.17. The highest BCUT2D eigenvalue weighted by Gasteiger charge is 2.30. The highest BCUT2D eigenvalue weighted by molar-refractivity contribution is 7.99. The van der Waals surface area contributed by atoms with Gasteiger partial charge in [0.15, 0.2) is 0 Å². The van der Waals surface area contributed by atoms with E-state index in [4.69, 9.17) is 5.73 Å². The Labute approximate surface area is 188 Å². The van der Waals surface area contributed by atoms with Crippen molar-refractivity contribution < 1.29 is 21.6 Å². The first kappa shape index (κ1) is 23.5. The zero-order chi connectivity index (χ0) is 23.5. The van der Waals surface area contributed by atoms with Crippen LogP contribution in [0.4, 0.5) is 24.5 Å². The number of rotatable bonds is 7. The number of anilines is 2. The van der Waals surface area contributed by atoms with Gasteiger partial charge in [-0.1, -0.05) is 55.3 Å². The number of sulfonamides is 1. The summed E-state index contributed by atoms with van der Waals surface area (Å²) in [4.78, 5) is 1.16. The molecule has 0 radical (unpaired) electrons. The van der Waals surface area contributed by atoms with Crippen molar-refractivity contribution in [2.24, 2.45) is 0 Å². The van der Waals surface area contributed by atoms with E-state index in [1.54, 1.807) is 6.07 Å². The topological polar surface area (TPSA) is 72.2 Å². The van der Waals surface area contributed by atoms with E-state index in [2.05, 4.69) is 17.9 Å². The number of hydrogen-bond acceptors (Lipinski definition) is 4. The van der Waals surface area contributed by atoms with Gasteiger partial charge in [-0.05, 0) is 42.5 Å². The average Bonchev–Trinajstić information content (AvgIpc) is 2.75. The number of nitrogen functional groups attached to an aromatic ring is 1. The van der Waals surface area contributed by atoms with E-state index >= 15 is 0 Å². The third kappa shape index (κ3) is 5.00. The normalized spacial score (nSPS) is 11.7. The van der Waals surface area contributed by atoms with E-state index in [0.717, 1.165) is 29.2 Å². The monoisotopic (exact) mass is 476 g/mol. The van der Waals surface area contributed by atoms with Gasteiger partial charge < -0.3 is 5.73 Å². The lowest BCUT2D eigenvalue weighted by Gasteiger charge is -2.18. The summed E-state index contributed by atoms with van der Waals surface area (Å²) in [6.45, 7) is 7.48. The molecule has 0 aliphatic heterocycles. The molecule has 0 saturated heterocycles. The first-order valence-electron chi connectivity index (χ1n) is 9.21. The Kier molecular flexibility index (Phi) is 6.71. The van der Waals surface area contributed by atoms with Crippen LogP contribution >= 0.6 is 11.8 Å². The van der Waals surface area contributed by atoms with Crippen molar-refractivity contribution in [3.63, 3.8) is 0 Å². The van der Waals surface area contributed by atoms with Crippen LogP contribution in [0.1, 0.15) is 16.7 Å². The number of hydrogen-bond donors (Lipinski definition) is 2. The molecule has 3 aromatic carbocycles. The molecule has 0 spiro atoms. The Bertz CT molecular complexity index is 1260. The van der Waals surface area contributed by atoms with E-state index in [-0.39, 0.29) is 10.6 Å². The van der Waals surface area contributed by atoms with Crippen LogP contribution in [0.5, 0.6) is 0 Å². The summed E-state index contributed by atoms with van der Waals surface area (Å²) in [6.07, 6.45) is -1.63. The molecule has 32 heavy (non-hydrogen) atoms. The summed E-state index contributed by atoms with van der Waals surface area (Å²) < 4.78 is 66.7. The van der Waals surface area contributed by atoms with E-state index < -0.39 is 21.8 Å². The van der Waals surface area contributed by atoms with E-state index in [1.807, 2.05) is 30.3 Å². The first-order chi connectivity index (χ1) is 15.1. The lowest BCUT2D eigenvalue weighted by Crippen LogP contribution is -2.15. The van der Waals surface area contributed by atoms with Crippen molar-refractivity contribution >= 4 is 45.3 Å². The maximum atomic E-state index is 12.9. The summed E-state index contributed by atoms with van der Waals surface area (Å²) in [5.41, 5.74) is 6.84. The highest BCUT2D eigenvalue weighted by Crippen LogP contribution is 2.40. The molecule has 3 N–H and O–H groups in total. The minimum Gasteiger partial charge on any atom is -0.397 e. The molecule has 0 amide bonds. The summed E-state index contributed by atoms with van der Waals surface area (Å²) in [5.74, 6) is 0. The molecule has 0 bridgehead atoms. The zero-order valence-electron chi connectivity index (χ0n) is 16.7. The molecule has 0 heterocycles. The van der Waals surface area contributed by atoms with Gasteiger partial charge in [0.1, 0.15) is 0 Å². The molecule has 0 aliphatic rings. The van der Waals surface area contributed by atoms with Crippen LogP contribution in [-0.4, -0.2) is 8.42 Å². The number of halogens is 3. The maximum absolute atomic E-state index is 12.9. The lowest BCUT2D eigenvalue weighted by molar-refractivity contribution is -0.137. The van der Waals surface area contributed by atoms with Gasteiger partial charge in [-0.2, -0.15) is 13.2 Å². The summed E-state index contributed by atoms with van der Waals surface area (Å²) in [6, 6.07) is 14.2. The molecule has 0 aliphatic carbocycles. The molecule has 4 nitrogen and oxygen atoms in total. The third-order valence-corrected chi connectivity index (χ3v) is 6.97. The number of nitrogens with one attached hydrogen (secondary N) is 1. The van der Waals surface area contributed by atoms with Crippen LogP contribution in [-0.2, 0) is 16.2 Å². The van der Waals surface area contributed by atoms with Crippen molar-refractivity contribution in [3.8, 4) is 0 Å². The fourth-order valence-electron chi connectivity index (χ4n) is 2.96. The van der Waals surface area contributed by atoms with Gasteiger partial charge in [0.25, 0.3) is 10.0 Å². The molecular formula is C23H19F3N2O2S2. The molecule has 0 fully saturated rings. The zero-order valence-corrected chi connectivity index (χ0v) is 18.3. The van der Waals surface area contributed by atoms with Crippen LogP contribution in [0.3, 0.4) is 0 Å². The number of benzene rings is 3. The fraction of sp³-hybridized carbons (Fsp3) is 0.0435. The van der Waals surface area contributed by atoms with Gasteiger partial charge in [-0.15, -0.1) is 0 Å². The van der Waals surface area contributed by atoms with Crippen molar-refractivity contribution in [2.75, 3.05) is 10.5 Å². The minimum atomic E-state index is -4.56. The van der Waals surface area contributed by atoms with E-state index in [9.17, 15) is 21.6 Å². The van der Waals surface area contributed by atoms with E-state index in [0.29, 0.717) is 21.7 Å². The smallest absolute Gasteiger partial charge is 0.397 e. The molecule has 0 aromatic heterocycles. The largest absolute Gasteiger partial charge is 0.416 e. The molecular weight excluding hydrogens is 457 g/mol. The van der Waals surface area contributed by atoms with Gasteiger partial charge in [0.2, 0.25) is 0 Å². The first-order valence-corrected chi connectivity index (χ1v) is 11.5. The summed E-state index contributed by atoms with van der Waals surface area (Å²) in [7, 11) is -4.19. The van der Waals surface area contributed by atoms with Crippen molar-refractivity contribution in [3.05, 3.63) is 90.5 Å². The highest BCUT2D eigenvalue weighted by atomic mass is 32.2.